The van der Waals surface area contributed by atoms with E-state index in [0.717, 1.165) is 24.3 Å². The summed E-state index contributed by atoms with van der Waals surface area (Å²) in [5.41, 5.74) is -0.322. The molecule has 6 nitrogen and oxygen atoms in total. The van der Waals surface area contributed by atoms with E-state index in [-0.39, 0.29) is 11.1 Å². The number of alkyl halides is 3. The molecule has 2 aromatic carbocycles. The quantitative estimate of drug-likeness (QED) is 0.572. The van der Waals surface area contributed by atoms with Crippen LogP contribution in [0.3, 0.4) is 0 Å². The van der Waals surface area contributed by atoms with E-state index < -0.39 is 44.3 Å². The summed E-state index contributed by atoms with van der Waals surface area (Å²) >= 11 is 18.1. The van der Waals surface area contributed by atoms with Gasteiger partial charge in [0.25, 0.3) is 0 Å². The summed E-state index contributed by atoms with van der Waals surface area (Å²) in [6.45, 7) is 0. The molecular weight excluding hydrogens is 395 g/mol. The van der Waals surface area contributed by atoms with Crippen molar-refractivity contribution in [3.05, 3.63) is 58.7 Å². The van der Waals surface area contributed by atoms with E-state index >= 15 is 0 Å². The van der Waals surface area contributed by atoms with Crippen molar-refractivity contribution < 1.29 is 30.0 Å². The smallest absolute Gasteiger partial charge is 0.339 e. The molecule has 0 aliphatic heterocycles. The van der Waals surface area contributed by atoms with Crippen molar-refractivity contribution in [3.63, 3.8) is 0 Å². The zero-order valence-corrected chi connectivity index (χ0v) is 14.5. The van der Waals surface area contributed by atoms with Gasteiger partial charge in [-0.05, 0) is 35.4 Å². The number of aromatic carboxylic acids is 2. The van der Waals surface area contributed by atoms with Crippen LogP contribution in [0.1, 0.15) is 37.8 Å². The molecule has 0 atom stereocenters. The minimum absolute atomic E-state index is 0.234. The average Bonchev–Trinajstić information content (AvgIpc) is 2.49. The van der Waals surface area contributed by atoms with Crippen molar-refractivity contribution in [1.29, 1.82) is 0 Å². The molecule has 132 valence electrons. The number of carbonyl (C=O) groups is 2. The van der Waals surface area contributed by atoms with Crippen molar-refractivity contribution in [2.75, 3.05) is 0 Å². The Bertz CT molecular complexity index is 781. The summed E-state index contributed by atoms with van der Waals surface area (Å²) < 4.78 is -1.96. The highest BCUT2D eigenvalue weighted by Crippen LogP contribution is 2.47. The Morgan fingerprint density at radius 2 is 1.16 bits per heavy atom. The third-order valence-electron chi connectivity index (χ3n) is 3.50. The fourth-order valence-corrected chi connectivity index (χ4v) is 3.14. The molecule has 25 heavy (non-hydrogen) atoms. The summed E-state index contributed by atoms with van der Waals surface area (Å²) in [7, 11) is 0. The maximum Gasteiger partial charge on any atom is 0.339 e. The van der Waals surface area contributed by atoms with Gasteiger partial charge < -0.3 is 20.4 Å². The van der Waals surface area contributed by atoms with E-state index in [9.17, 15) is 19.8 Å². The van der Waals surface area contributed by atoms with E-state index in [1.54, 1.807) is 0 Å². The van der Waals surface area contributed by atoms with E-state index in [1.165, 1.54) is 12.1 Å². The zero-order valence-electron chi connectivity index (χ0n) is 12.3. The highest BCUT2D eigenvalue weighted by atomic mass is 35.6. The Kier molecular flexibility index (Phi) is 5.37. The first-order valence-electron chi connectivity index (χ1n) is 6.71. The average molecular weight is 406 g/mol. The standard InChI is InChI=1S/C16H11Cl3O6/c17-16(18,19)13(7-1-3-11(20)9(5-7)14(22)23)8-2-4-12(21)10(6-8)15(24)25/h1-6,13,20-21H,(H,22,23)(H,24,25). The largest absolute Gasteiger partial charge is 0.507 e. The molecule has 0 unspecified atom stereocenters. The Morgan fingerprint density at radius 3 is 1.44 bits per heavy atom. The van der Waals surface area contributed by atoms with Gasteiger partial charge in [-0.2, -0.15) is 0 Å². The third kappa shape index (κ3) is 4.10. The lowest BCUT2D eigenvalue weighted by Gasteiger charge is -2.26. The fourth-order valence-electron chi connectivity index (χ4n) is 2.38. The van der Waals surface area contributed by atoms with Crippen molar-refractivity contribution in [1.82, 2.24) is 0 Å². The normalized spacial score (nSPS) is 11.5. The summed E-state index contributed by atoms with van der Waals surface area (Å²) in [5, 5.41) is 37.5. The summed E-state index contributed by atoms with van der Waals surface area (Å²) in [5.74, 6) is -4.72. The lowest BCUT2D eigenvalue weighted by atomic mass is 9.90. The van der Waals surface area contributed by atoms with Gasteiger partial charge in [-0.1, -0.05) is 46.9 Å². The van der Waals surface area contributed by atoms with Gasteiger partial charge in [0.05, 0.1) is 5.92 Å². The van der Waals surface area contributed by atoms with Gasteiger partial charge in [0.2, 0.25) is 3.79 Å². The van der Waals surface area contributed by atoms with Crippen LogP contribution in [-0.2, 0) is 0 Å². The second-order valence-electron chi connectivity index (χ2n) is 5.14. The second-order valence-corrected chi connectivity index (χ2v) is 7.51. The predicted molar refractivity (Wildman–Crippen MR) is 92.3 cm³/mol. The van der Waals surface area contributed by atoms with Gasteiger partial charge in [0.1, 0.15) is 22.6 Å². The molecule has 2 aromatic rings. The number of hydrogen-bond donors (Lipinski definition) is 4. The number of aromatic hydroxyl groups is 2. The molecule has 0 aliphatic rings. The minimum atomic E-state index is -1.96. The number of carboxylic acids is 2. The van der Waals surface area contributed by atoms with Crippen molar-refractivity contribution in [2.45, 2.75) is 9.71 Å². The zero-order chi connectivity index (χ0) is 18.9. The lowest BCUT2D eigenvalue weighted by molar-refractivity contribution is 0.0682. The van der Waals surface area contributed by atoms with Crippen LogP contribution in [0.15, 0.2) is 36.4 Å². The summed E-state index contributed by atoms with van der Waals surface area (Å²) in [6.07, 6.45) is 0. The molecular formula is C16H11Cl3O6. The van der Waals surface area contributed by atoms with Crippen LogP contribution in [0.4, 0.5) is 0 Å². The summed E-state index contributed by atoms with van der Waals surface area (Å²) in [4.78, 5) is 22.4. The van der Waals surface area contributed by atoms with Crippen LogP contribution in [0.5, 0.6) is 11.5 Å². The minimum Gasteiger partial charge on any atom is -0.507 e. The Balaban J connectivity index is 2.67. The van der Waals surface area contributed by atoms with E-state index in [1.807, 2.05) is 0 Å². The van der Waals surface area contributed by atoms with E-state index in [2.05, 4.69) is 0 Å². The SMILES string of the molecule is O=C(O)c1cc(C(c2ccc(O)c(C(=O)O)c2)C(Cl)(Cl)Cl)ccc1O. The van der Waals surface area contributed by atoms with E-state index in [0.29, 0.717) is 0 Å². The molecule has 2 rings (SSSR count). The Hall–Kier alpha value is -2.15. The summed E-state index contributed by atoms with van der Waals surface area (Å²) in [6, 6.07) is 7.28. The van der Waals surface area contributed by atoms with Gasteiger partial charge >= 0.3 is 11.9 Å². The molecule has 0 bridgehead atoms. The van der Waals surface area contributed by atoms with Gasteiger partial charge in [-0.3, -0.25) is 0 Å². The first-order valence-corrected chi connectivity index (χ1v) is 7.85. The predicted octanol–water partition coefficient (Wildman–Crippen LogP) is 4.00. The number of hydrogen-bond acceptors (Lipinski definition) is 4. The first-order chi connectivity index (χ1) is 11.5. The molecule has 0 fully saturated rings. The van der Waals surface area contributed by atoms with Gasteiger partial charge in [0, 0.05) is 0 Å². The maximum atomic E-state index is 11.2. The third-order valence-corrected chi connectivity index (χ3v) is 4.15. The Morgan fingerprint density at radius 1 is 0.800 bits per heavy atom. The topological polar surface area (TPSA) is 115 Å². The first kappa shape index (κ1) is 19.2. The molecule has 0 saturated carbocycles. The highest BCUT2D eigenvalue weighted by molar-refractivity contribution is 6.68. The molecule has 0 aliphatic carbocycles. The van der Waals surface area contributed by atoms with Gasteiger partial charge in [-0.25, -0.2) is 9.59 Å². The van der Waals surface area contributed by atoms with Crippen molar-refractivity contribution in [3.8, 4) is 11.5 Å². The number of benzene rings is 2. The molecule has 0 aromatic heterocycles. The number of halogens is 3. The van der Waals surface area contributed by atoms with Crippen LogP contribution in [-0.4, -0.2) is 36.2 Å². The van der Waals surface area contributed by atoms with Crippen LogP contribution in [0.25, 0.3) is 0 Å². The van der Waals surface area contributed by atoms with Crippen LogP contribution in [0.2, 0.25) is 0 Å². The molecule has 0 saturated heterocycles. The molecule has 9 heteroatoms. The second kappa shape index (κ2) is 7.00. The van der Waals surface area contributed by atoms with Gasteiger partial charge in [0.15, 0.2) is 0 Å². The van der Waals surface area contributed by atoms with Crippen LogP contribution >= 0.6 is 34.8 Å². The van der Waals surface area contributed by atoms with Crippen molar-refractivity contribution >= 4 is 46.7 Å². The molecule has 0 amide bonds. The van der Waals surface area contributed by atoms with Crippen molar-refractivity contribution in [2.24, 2.45) is 0 Å². The van der Waals surface area contributed by atoms with Gasteiger partial charge in [-0.15, -0.1) is 0 Å². The number of rotatable bonds is 4. The monoisotopic (exact) mass is 404 g/mol. The van der Waals surface area contributed by atoms with E-state index in [4.69, 9.17) is 45.0 Å². The molecule has 0 radical (unpaired) electrons. The Labute approximate surface area is 156 Å². The maximum absolute atomic E-state index is 11.2. The highest BCUT2D eigenvalue weighted by Gasteiger charge is 2.36. The van der Waals surface area contributed by atoms with Crippen LogP contribution in [0, 0.1) is 0 Å². The molecule has 0 heterocycles. The molecule has 4 N–H and O–H groups in total. The number of carboxylic acid groups (broad SMARTS) is 2. The number of phenols is 2. The fraction of sp³-hybridized carbons (Fsp3) is 0.125. The lowest BCUT2D eigenvalue weighted by Crippen LogP contribution is -2.19. The molecule has 0 spiro atoms. The van der Waals surface area contributed by atoms with Crippen LogP contribution < -0.4 is 0 Å².